The average Bonchev–Trinajstić information content (AvgIpc) is 2.90. The van der Waals surface area contributed by atoms with Gasteiger partial charge in [0.05, 0.1) is 6.04 Å². The van der Waals surface area contributed by atoms with Crippen LogP contribution in [0.4, 0.5) is 0 Å². The predicted molar refractivity (Wildman–Crippen MR) is 85.1 cm³/mol. The van der Waals surface area contributed by atoms with Crippen molar-refractivity contribution < 1.29 is 4.79 Å². The van der Waals surface area contributed by atoms with Gasteiger partial charge in [-0.2, -0.15) is 0 Å². The zero-order valence-electron chi connectivity index (χ0n) is 13.7. The molecule has 4 heteroatoms. The van der Waals surface area contributed by atoms with E-state index in [-0.39, 0.29) is 6.04 Å². The van der Waals surface area contributed by atoms with Gasteiger partial charge in [-0.3, -0.25) is 4.79 Å². The van der Waals surface area contributed by atoms with Crippen molar-refractivity contribution in [1.82, 2.24) is 15.1 Å². The Bertz CT molecular complexity index is 349. The van der Waals surface area contributed by atoms with Gasteiger partial charge in [0, 0.05) is 25.7 Å². The summed E-state index contributed by atoms with van der Waals surface area (Å²) >= 11 is 0. The predicted octanol–water partition coefficient (Wildman–Crippen LogP) is 1.71. The highest BCUT2D eigenvalue weighted by Gasteiger charge is 2.40. The van der Waals surface area contributed by atoms with Crippen molar-refractivity contribution in [1.29, 1.82) is 0 Å². The second-order valence-corrected chi connectivity index (χ2v) is 7.64. The highest BCUT2D eigenvalue weighted by atomic mass is 16.2. The number of amides is 1. The Labute approximate surface area is 129 Å². The van der Waals surface area contributed by atoms with Crippen LogP contribution in [0.1, 0.15) is 44.9 Å². The molecule has 2 aliphatic heterocycles. The van der Waals surface area contributed by atoms with Crippen LogP contribution >= 0.6 is 0 Å². The smallest absolute Gasteiger partial charge is 0.239 e. The largest absolute Gasteiger partial charge is 0.341 e. The fourth-order valence-corrected chi connectivity index (χ4v) is 4.58. The number of rotatable bonds is 3. The first-order valence-electron chi connectivity index (χ1n) is 8.83. The van der Waals surface area contributed by atoms with E-state index in [9.17, 15) is 4.79 Å². The summed E-state index contributed by atoms with van der Waals surface area (Å²) in [5.74, 6) is 1.91. The normalized spacial score (nSPS) is 34.2. The van der Waals surface area contributed by atoms with Gasteiger partial charge in [0.25, 0.3) is 0 Å². The van der Waals surface area contributed by atoms with Crippen LogP contribution in [0.15, 0.2) is 0 Å². The first kappa shape index (κ1) is 15.3. The maximum Gasteiger partial charge on any atom is 0.239 e. The van der Waals surface area contributed by atoms with Gasteiger partial charge >= 0.3 is 0 Å². The van der Waals surface area contributed by atoms with E-state index in [2.05, 4.69) is 29.2 Å². The molecule has 0 aromatic heterocycles. The van der Waals surface area contributed by atoms with E-state index in [1.165, 1.54) is 38.5 Å². The number of piperidine rings is 1. The molecule has 4 nitrogen and oxygen atoms in total. The summed E-state index contributed by atoms with van der Waals surface area (Å²) in [5, 5.41) is 3.63. The Morgan fingerprint density at radius 1 is 1.14 bits per heavy atom. The molecule has 0 bridgehead atoms. The van der Waals surface area contributed by atoms with E-state index < -0.39 is 0 Å². The quantitative estimate of drug-likeness (QED) is 0.860. The summed E-state index contributed by atoms with van der Waals surface area (Å²) in [7, 11) is 4.28. The lowest BCUT2D eigenvalue weighted by Crippen LogP contribution is -2.48. The third kappa shape index (κ3) is 3.59. The number of hydrogen-bond acceptors (Lipinski definition) is 3. The third-order valence-electron chi connectivity index (χ3n) is 5.71. The molecule has 3 rings (SSSR count). The SMILES string of the molecule is CN(C)CC1CCN(C(=O)C2CC3CCCCC3N2)CC1. The molecule has 1 amide bonds. The molecular formula is C17H31N3O. The van der Waals surface area contributed by atoms with Gasteiger partial charge in [-0.05, 0) is 58.0 Å². The van der Waals surface area contributed by atoms with Crippen molar-refractivity contribution in [3.05, 3.63) is 0 Å². The first-order chi connectivity index (χ1) is 10.1. The summed E-state index contributed by atoms with van der Waals surface area (Å²) in [5.41, 5.74) is 0. The molecule has 0 aromatic rings. The minimum Gasteiger partial charge on any atom is -0.341 e. The Morgan fingerprint density at radius 2 is 1.86 bits per heavy atom. The minimum absolute atomic E-state index is 0.114. The van der Waals surface area contributed by atoms with Crippen LogP contribution < -0.4 is 5.32 Å². The number of nitrogens with zero attached hydrogens (tertiary/aromatic N) is 2. The number of hydrogen-bond donors (Lipinski definition) is 1. The topological polar surface area (TPSA) is 35.6 Å². The van der Waals surface area contributed by atoms with Crippen LogP contribution in [-0.2, 0) is 4.79 Å². The van der Waals surface area contributed by atoms with Crippen LogP contribution in [-0.4, -0.2) is 61.5 Å². The zero-order valence-corrected chi connectivity index (χ0v) is 13.7. The van der Waals surface area contributed by atoms with E-state index in [4.69, 9.17) is 0 Å². The second-order valence-electron chi connectivity index (χ2n) is 7.64. The molecule has 2 heterocycles. The maximum atomic E-state index is 12.7. The highest BCUT2D eigenvalue weighted by Crippen LogP contribution is 2.34. The Balaban J connectivity index is 1.48. The molecule has 0 aromatic carbocycles. The van der Waals surface area contributed by atoms with Gasteiger partial charge in [0.1, 0.15) is 0 Å². The second kappa shape index (κ2) is 6.66. The Hall–Kier alpha value is -0.610. The Kier molecular flexibility index (Phi) is 4.85. The van der Waals surface area contributed by atoms with Gasteiger partial charge in [0.2, 0.25) is 5.91 Å². The van der Waals surface area contributed by atoms with Gasteiger partial charge in [-0.25, -0.2) is 0 Å². The molecule has 0 radical (unpaired) electrons. The summed E-state index contributed by atoms with van der Waals surface area (Å²) in [6, 6.07) is 0.738. The molecular weight excluding hydrogens is 262 g/mol. The van der Waals surface area contributed by atoms with E-state index in [0.29, 0.717) is 11.9 Å². The number of carbonyl (C=O) groups excluding carboxylic acids is 1. The molecule has 3 atom stereocenters. The summed E-state index contributed by atoms with van der Waals surface area (Å²) in [4.78, 5) is 17.1. The van der Waals surface area contributed by atoms with E-state index in [1.807, 2.05) is 0 Å². The molecule has 21 heavy (non-hydrogen) atoms. The van der Waals surface area contributed by atoms with Crippen molar-refractivity contribution in [3.63, 3.8) is 0 Å². The van der Waals surface area contributed by atoms with Crippen LogP contribution in [0.25, 0.3) is 0 Å². The molecule has 0 spiro atoms. The van der Waals surface area contributed by atoms with Crippen molar-refractivity contribution in [2.24, 2.45) is 11.8 Å². The molecule has 120 valence electrons. The monoisotopic (exact) mass is 293 g/mol. The van der Waals surface area contributed by atoms with E-state index in [0.717, 1.165) is 37.9 Å². The van der Waals surface area contributed by atoms with Crippen molar-refractivity contribution in [3.8, 4) is 0 Å². The standard InChI is InChI=1S/C17H31N3O/c1-19(2)12-13-7-9-20(10-8-13)17(21)16-11-14-5-3-4-6-15(14)18-16/h13-16,18H,3-12H2,1-2H3. The van der Waals surface area contributed by atoms with Gasteiger partial charge in [-0.1, -0.05) is 12.8 Å². The van der Waals surface area contributed by atoms with Crippen LogP contribution in [0, 0.1) is 11.8 Å². The third-order valence-corrected chi connectivity index (χ3v) is 5.71. The summed E-state index contributed by atoms with van der Waals surface area (Å²) < 4.78 is 0. The van der Waals surface area contributed by atoms with Gasteiger partial charge < -0.3 is 15.1 Å². The molecule has 1 saturated carbocycles. The highest BCUT2D eigenvalue weighted by molar-refractivity contribution is 5.82. The number of carbonyl (C=O) groups is 1. The van der Waals surface area contributed by atoms with Crippen molar-refractivity contribution in [2.75, 3.05) is 33.7 Å². The van der Waals surface area contributed by atoms with Crippen molar-refractivity contribution >= 4 is 5.91 Å². The number of nitrogens with one attached hydrogen (secondary N) is 1. The molecule has 3 unspecified atom stereocenters. The lowest BCUT2D eigenvalue weighted by Gasteiger charge is -2.34. The van der Waals surface area contributed by atoms with Crippen LogP contribution in [0.2, 0.25) is 0 Å². The van der Waals surface area contributed by atoms with Gasteiger partial charge in [-0.15, -0.1) is 0 Å². The maximum absolute atomic E-state index is 12.7. The van der Waals surface area contributed by atoms with Crippen LogP contribution in [0.3, 0.4) is 0 Å². The Morgan fingerprint density at radius 3 is 2.52 bits per heavy atom. The van der Waals surface area contributed by atoms with E-state index in [1.54, 1.807) is 0 Å². The molecule has 3 aliphatic rings. The number of likely N-dealkylation sites (tertiary alicyclic amines) is 1. The molecule has 1 N–H and O–H groups in total. The lowest BCUT2D eigenvalue weighted by molar-refractivity contribution is -0.134. The van der Waals surface area contributed by atoms with Crippen LogP contribution in [0.5, 0.6) is 0 Å². The zero-order chi connectivity index (χ0) is 14.8. The van der Waals surface area contributed by atoms with E-state index >= 15 is 0 Å². The fraction of sp³-hybridized carbons (Fsp3) is 0.941. The number of fused-ring (bicyclic) bond motifs is 1. The van der Waals surface area contributed by atoms with Gasteiger partial charge in [0.15, 0.2) is 0 Å². The summed E-state index contributed by atoms with van der Waals surface area (Å²) in [6.45, 7) is 3.09. The fourth-order valence-electron chi connectivity index (χ4n) is 4.58. The molecule has 1 aliphatic carbocycles. The average molecular weight is 293 g/mol. The first-order valence-corrected chi connectivity index (χ1v) is 8.83. The molecule has 2 saturated heterocycles. The lowest BCUT2D eigenvalue weighted by atomic mass is 9.85. The minimum atomic E-state index is 0.114. The molecule has 3 fully saturated rings. The summed E-state index contributed by atoms with van der Waals surface area (Å²) in [6.07, 6.45) is 8.73. The van der Waals surface area contributed by atoms with Crippen molar-refractivity contribution in [2.45, 2.75) is 57.0 Å².